The number of carbonyl (C=O) groups excluding carboxylic acids is 1. The molecule has 0 saturated carbocycles. The van der Waals surface area contributed by atoms with Gasteiger partial charge in [-0.25, -0.2) is 14.4 Å². The van der Waals surface area contributed by atoms with Gasteiger partial charge in [-0.05, 0) is 36.4 Å². The standard InChI is InChI=1S/C19H17FN4O2S/c20-14-2-4-15(5-3-14)22-18(25)16-12-27-19(23-16)13-1-6-17(21-11-13)24-7-9-26-10-8-24/h1-6,11-12H,7-10H2,(H,22,25). The summed E-state index contributed by atoms with van der Waals surface area (Å²) in [5.74, 6) is 0.229. The van der Waals surface area contributed by atoms with E-state index >= 15 is 0 Å². The summed E-state index contributed by atoms with van der Waals surface area (Å²) in [5, 5.41) is 5.13. The molecule has 3 heterocycles. The van der Waals surface area contributed by atoms with Crippen LogP contribution in [0.3, 0.4) is 0 Å². The van der Waals surface area contributed by atoms with Crippen LogP contribution in [0.4, 0.5) is 15.9 Å². The van der Waals surface area contributed by atoms with Crippen molar-refractivity contribution < 1.29 is 13.9 Å². The number of rotatable bonds is 4. The fourth-order valence-corrected chi connectivity index (χ4v) is 3.52. The van der Waals surface area contributed by atoms with E-state index in [0.717, 1.165) is 29.5 Å². The van der Waals surface area contributed by atoms with E-state index in [1.807, 2.05) is 12.1 Å². The molecule has 0 radical (unpaired) electrons. The highest BCUT2D eigenvalue weighted by molar-refractivity contribution is 7.13. The maximum absolute atomic E-state index is 12.9. The second kappa shape index (κ2) is 7.81. The third-order valence-electron chi connectivity index (χ3n) is 4.17. The van der Waals surface area contributed by atoms with Crippen LogP contribution in [-0.2, 0) is 4.74 Å². The molecule has 4 rings (SSSR count). The molecule has 1 fully saturated rings. The van der Waals surface area contributed by atoms with Gasteiger partial charge in [-0.15, -0.1) is 11.3 Å². The Labute approximate surface area is 159 Å². The number of morpholine rings is 1. The van der Waals surface area contributed by atoms with Gasteiger partial charge in [-0.1, -0.05) is 0 Å². The van der Waals surface area contributed by atoms with E-state index in [1.165, 1.54) is 35.6 Å². The minimum Gasteiger partial charge on any atom is -0.378 e. The molecule has 0 atom stereocenters. The number of hydrogen-bond acceptors (Lipinski definition) is 6. The number of thiazole rings is 1. The average Bonchev–Trinajstić information content (AvgIpc) is 3.21. The molecular formula is C19H17FN4O2S. The first kappa shape index (κ1) is 17.6. The summed E-state index contributed by atoms with van der Waals surface area (Å²) >= 11 is 1.38. The van der Waals surface area contributed by atoms with Crippen LogP contribution in [0.5, 0.6) is 0 Å². The number of carbonyl (C=O) groups is 1. The summed E-state index contributed by atoms with van der Waals surface area (Å²) < 4.78 is 18.3. The first-order valence-electron chi connectivity index (χ1n) is 8.50. The quantitative estimate of drug-likeness (QED) is 0.746. The molecule has 0 aliphatic carbocycles. The minimum atomic E-state index is -0.350. The third-order valence-corrected chi connectivity index (χ3v) is 5.06. The molecule has 27 heavy (non-hydrogen) atoms. The van der Waals surface area contributed by atoms with Crippen molar-refractivity contribution in [3.05, 3.63) is 59.5 Å². The smallest absolute Gasteiger partial charge is 0.275 e. The number of nitrogens with one attached hydrogen (secondary N) is 1. The van der Waals surface area contributed by atoms with E-state index < -0.39 is 0 Å². The second-order valence-corrected chi connectivity index (χ2v) is 6.86. The Hall–Kier alpha value is -2.84. The summed E-state index contributed by atoms with van der Waals surface area (Å²) in [7, 11) is 0. The fourth-order valence-electron chi connectivity index (χ4n) is 2.73. The number of pyridine rings is 1. The normalized spacial score (nSPS) is 14.2. The van der Waals surface area contributed by atoms with E-state index in [-0.39, 0.29) is 11.7 Å². The lowest BCUT2D eigenvalue weighted by Gasteiger charge is -2.27. The van der Waals surface area contributed by atoms with Gasteiger partial charge in [0.25, 0.3) is 5.91 Å². The van der Waals surface area contributed by atoms with Crippen LogP contribution < -0.4 is 10.2 Å². The van der Waals surface area contributed by atoms with Gasteiger partial charge >= 0.3 is 0 Å². The lowest BCUT2D eigenvalue weighted by Crippen LogP contribution is -2.36. The van der Waals surface area contributed by atoms with Crippen molar-refractivity contribution in [2.24, 2.45) is 0 Å². The van der Waals surface area contributed by atoms with Gasteiger partial charge in [-0.3, -0.25) is 4.79 Å². The van der Waals surface area contributed by atoms with Crippen LogP contribution in [0.25, 0.3) is 10.6 Å². The summed E-state index contributed by atoms with van der Waals surface area (Å²) in [5.41, 5.74) is 1.70. The fraction of sp³-hybridized carbons (Fsp3) is 0.211. The van der Waals surface area contributed by atoms with Crippen molar-refractivity contribution in [2.75, 3.05) is 36.5 Å². The van der Waals surface area contributed by atoms with Gasteiger partial charge in [0.2, 0.25) is 0 Å². The minimum absolute atomic E-state index is 0.316. The predicted molar refractivity (Wildman–Crippen MR) is 103 cm³/mol. The summed E-state index contributed by atoms with van der Waals surface area (Å²) in [6.45, 7) is 3.08. The van der Waals surface area contributed by atoms with Crippen LogP contribution in [0.15, 0.2) is 48.0 Å². The Kier molecular flexibility index (Phi) is 5.08. The van der Waals surface area contributed by atoms with Crippen molar-refractivity contribution in [3.8, 4) is 10.6 Å². The predicted octanol–water partition coefficient (Wildman–Crippen LogP) is 3.43. The molecule has 3 aromatic rings. The molecule has 0 unspecified atom stereocenters. The molecule has 0 spiro atoms. The van der Waals surface area contributed by atoms with E-state index in [0.29, 0.717) is 24.6 Å². The lowest BCUT2D eigenvalue weighted by molar-refractivity contribution is 0.102. The number of hydrogen-bond donors (Lipinski definition) is 1. The molecule has 1 amide bonds. The van der Waals surface area contributed by atoms with Crippen LogP contribution in [0, 0.1) is 5.82 Å². The van der Waals surface area contributed by atoms with Gasteiger partial charge in [0.15, 0.2) is 0 Å². The molecule has 1 aliphatic heterocycles. The number of aromatic nitrogens is 2. The summed E-state index contributed by atoms with van der Waals surface area (Å²) in [6.07, 6.45) is 1.77. The Balaban J connectivity index is 1.45. The number of benzene rings is 1. The van der Waals surface area contributed by atoms with Crippen LogP contribution in [0.2, 0.25) is 0 Å². The molecule has 1 aromatic carbocycles. The van der Waals surface area contributed by atoms with Crippen molar-refractivity contribution >= 4 is 28.7 Å². The molecule has 6 nitrogen and oxygen atoms in total. The van der Waals surface area contributed by atoms with Gasteiger partial charge in [-0.2, -0.15) is 0 Å². The molecule has 8 heteroatoms. The summed E-state index contributed by atoms with van der Waals surface area (Å²) in [4.78, 5) is 23.4. The van der Waals surface area contributed by atoms with Crippen molar-refractivity contribution in [1.29, 1.82) is 0 Å². The maximum Gasteiger partial charge on any atom is 0.275 e. The van der Waals surface area contributed by atoms with Crippen molar-refractivity contribution in [2.45, 2.75) is 0 Å². The zero-order chi connectivity index (χ0) is 18.6. The highest BCUT2D eigenvalue weighted by Crippen LogP contribution is 2.25. The molecule has 138 valence electrons. The molecular weight excluding hydrogens is 367 g/mol. The van der Waals surface area contributed by atoms with Crippen LogP contribution in [-0.4, -0.2) is 42.2 Å². The molecule has 0 bridgehead atoms. The second-order valence-electron chi connectivity index (χ2n) is 6.00. The third kappa shape index (κ3) is 4.12. The lowest BCUT2D eigenvalue weighted by atomic mass is 10.2. The Morgan fingerprint density at radius 3 is 2.63 bits per heavy atom. The van der Waals surface area contributed by atoms with E-state index in [4.69, 9.17) is 4.74 Å². The van der Waals surface area contributed by atoms with Gasteiger partial charge in [0.1, 0.15) is 22.3 Å². The summed E-state index contributed by atoms with van der Waals surface area (Å²) in [6, 6.07) is 9.52. The highest BCUT2D eigenvalue weighted by atomic mass is 32.1. The molecule has 1 N–H and O–H groups in total. The number of anilines is 2. The number of nitrogens with zero attached hydrogens (tertiary/aromatic N) is 3. The van der Waals surface area contributed by atoms with Crippen LogP contribution >= 0.6 is 11.3 Å². The molecule has 1 aliphatic rings. The van der Waals surface area contributed by atoms with Crippen LogP contribution in [0.1, 0.15) is 10.5 Å². The highest BCUT2D eigenvalue weighted by Gasteiger charge is 2.15. The monoisotopic (exact) mass is 384 g/mol. The molecule has 2 aromatic heterocycles. The Morgan fingerprint density at radius 2 is 1.93 bits per heavy atom. The largest absolute Gasteiger partial charge is 0.378 e. The van der Waals surface area contributed by atoms with Gasteiger partial charge < -0.3 is 15.0 Å². The number of ether oxygens (including phenoxy) is 1. The average molecular weight is 384 g/mol. The van der Waals surface area contributed by atoms with Gasteiger partial charge in [0.05, 0.1) is 13.2 Å². The Bertz CT molecular complexity index is 922. The first-order chi connectivity index (χ1) is 13.2. The first-order valence-corrected chi connectivity index (χ1v) is 9.38. The van der Waals surface area contributed by atoms with Gasteiger partial charge in [0, 0.05) is 35.9 Å². The van der Waals surface area contributed by atoms with Crippen molar-refractivity contribution in [1.82, 2.24) is 9.97 Å². The SMILES string of the molecule is O=C(Nc1ccc(F)cc1)c1csc(-c2ccc(N3CCOCC3)nc2)n1. The maximum atomic E-state index is 12.9. The number of halogens is 1. The van der Waals surface area contributed by atoms with E-state index in [9.17, 15) is 9.18 Å². The topological polar surface area (TPSA) is 67.4 Å². The van der Waals surface area contributed by atoms with E-state index in [2.05, 4.69) is 20.2 Å². The van der Waals surface area contributed by atoms with Crippen molar-refractivity contribution in [3.63, 3.8) is 0 Å². The molecule has 1 saturated heterocycles. The Morgan fingerprint density at radius 1 is 1.15 bits per heavy atom. The zero-order valence-corrected chi connectivity index (χ0v) is 15.2. The van der Waals surface area contributed by atoms with E-state index in [1.54, 1.807) is 11.6 Å². The zero-order valence-electron chi connectivity index (χ0n) is 14.4. The number of amides is 1.